The Morgan fingerprint density at radius 2 is 1.96 bits per heavy atom. The molecule has 0 saturated carbocycles. The minimum atomic E-state index is 0.0869. The van der Waals surface area contributed by atoms with Crippen LogP contribution in [0.1, 0.15) is 52.0 Å². The number of carbonyl (C=O) groups excluding carboxylic acids is 1. The van der Waals surface area contributed by atoms with Crippen LogP contribution in [-0.2, 0) is 4.79 Å². The second-order valence-electron chi connectivity index (χ2n) is 7.42. The normalized spacial score (nSPS) is 21.3. The summed E-state index contributed by atoms with van der Waals surface area (Å²) in [6.45, 7) is 6.44. The van der Waals surface area contributed by atoms with Crippen LogP contribution in [0.5, 0.6) is 0 Å². The molecule has 1 amide bonds. The summed E-state index contributed by atoms with van der Waals surface area (Å²) in [4.78, 5) is 14.7. The summed E-state index contributed by atoms with van der Waals surface area (Å²) in [7, 11) is 0. The summed E-state index contributed by atoms with van der Waals surface area (Å²) in [6.07, 6.45) is 7.29. The van der Waals surface area contributed by atoms with Crippen LogP contribution in [0.2, 0.25) is 0 Å². The Morgan fingerprint density at radius 1 is 1.25 bits per heavy atom. The number of amides is 1. The molecule has 1 N–H and O–H groups in total. The molecule has 24 heavy (non-hydrogen) atoms. The van der Waals surface area contributed by atoms with Gasteiger partial charge in [0.15, 0.2) is 0 Å². The number of thioether (sulfide) groups is 1. The second kappa shape index (κ2) is 8.39. The number of carbonyl (C=O) groups is 1. The summed E-state index contributed by atoms with van der Waals surface area (Å²) in [5.74, 6) is 3.95. The van der Waals surface area contributed by atoms with Gasteiger partial charge in [0.1, 0.15) is 5.82 Å². The van der Waals surface area contributed by atoms with Crippen LogP contribution < -0.4 is 5.32 Å². The molecular weight excluding hydrogens is 320 g/mol. The van der Waals surface area contributed by atoms with E-state index in [1.54, 1.807) is 6.20 Å². The van der Waals surface area contributed by atoms with Gasteiger partial charge in [0, 0.05) is 31.6 Å². The van der Waals surface area contributed by atoms with Crippen LogP contribution in [0, 0.1) is 5.92 Å². The Bertz CT molecular complexity index is 531. The number of nitrogens with one attached hydrogen (secondary N) is 1. The molecule has 0 unspecified atom stereocenters. The third kappa shape index (κ3) is 4.54. The van der Waals surface area contributed by atoms with Crippen molar-refractivity contribution in [3.05, 3.63) is 12.3 Å². The molecule has 3 heterocycles. The number of hydrogen-bond acceptors (Lipinski definition) is 4. The molecular formula is C18H30N4OS. The topological polar surface area (TPSA) is 50.2 Å². The zero-order chi connectivity index (χ0) is 16.9. The van der Waals surface area contributed by atoms with Gasteiger partial charge in [0.05, 0.1) is 12.2 Å². The number of hydrogen-bond donors (Lipinski definition) is 1. The van der Waals surface area contributed by atoms with E-state index >= 15 is 0 Å². The number of aromatic nitrogens is 2. The molecule has 2 aliphatic heterocycles. The van der Waals surface area contributed by atoms with Crippen molar-refractivity contribution in [2.24, 2.45) is 5.92 Å². The molecule has 2 saturated heterocycles. The van der Waals surface area contributed by atoms with Gasteiger partial charge in [0.2, 0.25) is 5.91 Å². The van der Waals surface area contributed by atoms with Gasteiger partial charge in [-0.3, -0.25) is 4.79 Å². The van der Waals surface area contributed by atoms with E-state index in [1.807, 2.05) is 10.7 Å². The largest absolute Gasteiger partial charge is 0.311 e. The Hall–Kier alpha value is -1.01. The fraction of sp³-hybridized carbons (Fsp3) is 0.778. The summed E-state index contributed by atoms with van der Waals surface area (Å²) in [6, 6.07) is 3.11. The summed E-state index contributed by atoms with van der Waals surface area (Å²) in [5, 5.41) is 7.53. The predicted octanol–water partition coefficient (Wildman–Crippen LogP) is 3.40. The van der Waals surface area contributed by atoms with Gasteiger partial charge in [-0.05, 0) is 43.1 Å². The predicted molar refractivity (Wildman–Crippen MR) is 101 cm³/mol. The molecule has 5 nitrogen and oxygen atoms in total. The van der Waals surface area contributed by atoms with Crippen LogP contribution in [-0.4, -0.2) is 51.2 Å². The fourth-order valence-corrected chi connectivity index (χ4v) is 4.90. The standard InChI is InChI=1S/C18H30N4OS/c1-14(2)13-18(23)20-17-3-8-19-22(17)16-4-9-21(10-5-16)15-6-11-24-12-7-15/h3,8,14-16H,4-7,9-13H2,1-2H3,(H,20,23). The van der Waals surface area contributed by atoms with Crippen LogP contribution in [0.15, 0.2) is 12.3 Å². The average Bonchev–Trinajstić information content (AvgIpc) is 3.03. The molecule has 0 spiro atoms. The van der Waals surface area contributed by atoms with E-state index in [0.717, 1.165) is 37.8 Å². The van der Waals surface area contributed by atoms with Crippen LogP contribution in [0.4, 0.5) is 5.82 Å². The monoisotopic (exact) mass is 350 g/mol. The van der Waals surface area contributed by atoms with E-state index in [1.165, 1.54) is 24.3 Å². The maximum Gasteiger partial charge on any atom is 0.225 e. The second-order valence-corrected chi connectivity index (χ2v) is 8.64. The van der Waals surface area contributed by atoms with Gasteiger partial charge < -0.3 is 10.2 Å². The third-order valence-electron chi connectivity index (χ3n) is 5.08. The molecule has 0 aromatic carbocycles. The van der Waals surface area contributed by atoms with E-state index in [4.69, 9.17) is 0 Å². The van der Waals surface area contributed by atoms with Crippen LogP contribution >= 0.6 is 11.8 Å². The molecule has 2 aliphatic rings. The third-order valence-corrected chi connectivity index (χ3v) is 6.13. The molecule has 0 atom stereocenters. The van der Waals surface area contributed by atoms with Gasteiger partial charge in [0.25, 0.3) is 0 Å². The SMILES string of the molecule is CC(C)CC(=O)Nc1ccnn1C1CCN(C2CCSCC2)CC1. The molecule has 3 rings (SSSR count). The first-order valence-electron chi connectivity index (χ1n) is 9.28. The lowest BCUT2D eigenvalue weighted by Gasteiger charge is -2.39. The molecule has 1 aromatic heterocycles. The molecule has 0 radical (unpaired) electrons. The Labute approximate surface area is 149 Å². The minimum Gasteiger partial charge on any atom is -0.311 e. The maximum atomic E-state index is 12.1. The Kier molecular flexibility index (Phi) is 6.22. The van der Waals surface area contributed by atoms with Crippen molar-refractivity contribution in [2.45, 2.75) is 58.0 Å². The molecule has 6 heteroatoms. The first-order valence-corrected chi connectivity index (χ1v) is 10.4. The highest BCUT2D eigenvalue weighted by Crippen LogP contribution is 2.29. The highest BCUT2D eigenvalue weighted by molar-refractivity contribution is 7.99. The lowest BCUT2D eigenvalue weighted by Crippen LogP contribution is -2.43. The molecule has 2 fully saturated rings. The van der Waals surface area contributed by atoms with Gasteiger partial charge in [-0.25, -0.2) is 4.68 Å². The summed E-state index contributed by atoms with van der Waals surface area (Å²) >= 11 is 2.09. The lowest BCUT2D eigenvalue weighted by molar-refractivity contribution is -0.116. The highest BCUT2D eigenvalue weighted by Gasteiger charge is 2.28. The number of anilines is 1. The van der Waals surface area contributed by atoms with Crippen molar-refractivity contribution in [1.82, 2.24) is 14.7 Å². The highest BCUT2D eigenvalue weighted by atomic mass is 32.2. The van der Waals surface area contributed by atoms with Crippen LogP contribution in [0.3, 0.4) is 0 Å². The van der Waals surface area contributed by atoms with Crippen molar-refractivity contribution < 1.29 is 4.79 Å². The number of piperidine rings is 1. The number of likely N-dealkylation sites (tertiary alicyclic amines) is 1. The summed E-state index contributed by atoms with van der Waals surface area (Å²) < 4.78 is 2.03. The van der Waals surface area contributed by atoms with Gasteiger partial charge in [-0.1, -0.05) is 13.8 Å². The smallest absolute Gasteiger partial charge is 0.225 e. The Balaban J connectivity index is 1.55. The number of rotatable bonds is 5. The van der Waals surface area contributed by atoms with Gasteiger partial charge in [-0.2, -0.15) is 16.9 Å². The molecule has 0 aliphatic carbocycles. The molecule has 134 valence electrons. The lowest BCUT2D eigenvalue weighted by atomic mass is 10.0. The quantitative estimate of drug-likeness (QED) is 0.884. The van der Waals surface area contributed by atoms with Gasteiger partial charge >= 0.3 is 0 Å². The van der Waals surface area contributed by atoms with Crippen molar-refractivity contribution in [1.29, 1.82) is 0 Å². The first-order chi connectivity index (χ1) is 11.6. The van der Waals surface area contributed by atoms with E-state index in [2.05, 4.69) is 40.9 Å². The van der Waals surface area contributed by atoms with Crippen molar-refractivity contribution >= 4 is 23.5 Å². The van der Waals surface area contributed by atoms with E-state index < -0.39 is 0 Å². The number of nitrogens with zero attached hydrogens (tertiary/aromatic N) is 3. The van der Waals surface area contributed by atoms with E-state index in [0.29, 0.717) is 18.4 Å². The molecule has 0 bridgehead atoms. The first kappa shape index (κ1) is 17.8. The average molecular weight is 351 g/mol. The summed E-state index contributed by atoms with van der Waals surface area (Å²) in [5.41, 5.74) is 0. The van der Waals surface area contributed by atoms with Crippen molar-refractivity contribution in [3.63, 3.8) is 0 Å². The zero-order valence-corrected chi connectivity index (χ0v) is 15.7. The van der Waals surface area contributed by atoms with Gasteiger partial charge in [-0.15, -0.1) is 0 Å². The zero-order valence-electron chi connectivity index (χ0n) is 14.9. The Morgan fingerprint density at radius 3 is 2.62 bits per heavy atom. The van der Waals surface area contributed by atoms with E-state index in [-0.39, 0.29) is 5.91 Å². The minimum absolute atomic E-state index is 0.0869. The maximum absolute atomic E-state index is 12.1. The van der Waals surface area contributed by atoms with E-state index in [9.17, 15) is 4.79 Å². The van der Waals surface area contributed by atoms with Crippen molar-refractivity contribution in [3.8, 4) is 0 Å². The van der Waals surface area contributed by atoms with Crippen molar-refractivity contribution in [2.75, 3.05) is 29.9 Å². The molecule has 1 aromatic rings. The van der Waals surface area contributed by atoms with Crippen LogP contribution in [0.25, 0.3) is 0 Å². The fourth-order valence-electron chi connectivity index (χ4n) is 3.81.